The van der Waals surface area contributed by atoms with Crippen molar-refractivity contribution in [2.45, 2.75) is 53.5 Å². The van der Waals surface area contributed by atoms with Crippen molar-refractivity contribution in [2.75, 3.05) is 16.8 Å². The van der Waals surface area contributed by atoms with Gasteiger partial charge < -0.3 is 10.2 Å². The number of rotatable bonds is 9. The van der Waals surface area contributed by atoms with Gasteiger partial charge in [-0.1, -0.05) is 67.1 Å². The lowest BCUT2D eigenvalue weighted by atomic mass is 9.99. The number of benzene rings is 1. The summed E-state index contributed by atoms with van der Waals surface area (Å²) in [6.45, 7) is 15.8. The van der Waals surface area contributed by atoms with Crippen molar-refractivity contribution in [3.8, 4) is 0 Å². The molecule has 1 aliphatic rings. The second-order valence-electron chi connectivity index (χ2n) is 8.98. The van der Waals surface area contributed by atoms with Crippen LogP contribution in [-0.4, -0.2) is 23.9 Å². The Morgan fingerprint density at radius 3 is 2.45 bits per heavy atom. The van der Waals surface area contributed by atoms with Crippen LogP contribution in [0.25, 0.3) is 5.57 Å². The Labute approximate surface area is 199 Å². The molecule has 0 radical (unpaired) electrons. The largest absolute Gasteiger partial charge is 0.344 e. The third-order valence-electron chi connectivity index (χ3n) is 5.56. The zero-order valence-corrected chi connectivity index (χ0v) is 20.6. The van der Waals surface area contributed by atoms with Gasteiger partial charge in [-0.2, -0.15) is 0 Å². The lowest BCUT2D eigenvalue weighted by Gasteiger charge is -2.15. The van der Waals surface area contributed by atoms with E-state index in [0.717, 1.165) is 36.6 Å². The summed E-state index contributed by atoms with van der Waals surface area (Å²) in [6, 6.07) is 13.1. The Balaban J connectivity index is 1.62. The van der Waals surface area contributed by atoms with E-state index in [1.165, 1.54) is 27.8 Å². The molecule has 0 bridgehead atoms. The van der Waals surface area contributed by atoms with Gasteiger partial charge in [-0.15, -0.1) is 0 Å². The standard InChI is InChI=1S/C29H36N4/c1-7-22(4)8-11-27(16-21(2)3)26-12-9-25(10-13-26)17-23(5)32-29-15-14-28(18-30-29)33-19-24(6)31-20-33/h8-16,18,20,24H,5,7,17,19H2,1-4,6H3,(H,30,32)/b22-8+,27-11+. The van der Waals surface area contributed by atoms with Crippen LogP contribution in [0, 0.1) is 0 Å². The van der Waals surface area contributed by atoms with Crippen molar-refractivity contribution < 1.29 is 0 Å². The molecular weight excluding hydrogens is 404 g/mol. The lowest BCUT2D eigenvalue weighted by molar-refractivity contribution is 0.795. The van der Waals surface area contributed by atoms with E-state index in [1.54, 1.807) is 0 Å². The topological polar surface area (TPSA) is 40.5 Å². The second-order valence-corrected chi connectivity index (χ2v) is 8.98. The summed E-state index contributed by atoms with van der Waals surface area (Å²) >= 11 is 0. The predicted octanol–water partition coefficient (Wildman–Crippen LogP) is 7.19. The average Bonchev–Trinajstić information content (AvgIpc) is 3.23. The zero-order valence-electron chi connectivity index (χ0n) is 20.6. The highest BCUT2D eigenvalue weighted by molar-refractivity contribution is 5.81. The number of aromatic nitrogens is 1. The molecule has 4 heteroatoms. The molecule has 1 aliphatic heterocycles. The number of nitrogens with one attached hydrogen (secondary N) is 1. The summed E-state index contributed by atoms with van der Waals surface area (Å²) in [5.41, 5.74) is 8.30. The van der Waals surface area contributed by atoms with Gasteiger partial charge in [0.25, 0.3) is 0 Å². The van der Waals surface area contributed by atoms with E-state index in [9.17, 15) is 0 Å². The van der Waals surface area contributed by atoms with Gasteiger partial charge in [0.05, 0.1) is 24.3 Å². The van der Waals surface area contributed by atoms with Gasteiger partial charge in [0.15, 0.2) is 0 Å². The fourth-order valence-electron chi connectivity index (χ4n) is 3.55. The number of pyridine rings is 1. The van der Waals surface area contributed by atoms with E-state index >= 15 is 0 Å². The molecule has 33 heavy (non-hydrogen) atoms. The first kappa shape index (κ1) is 24.2. The van der Waals surface area contributed by atoms with Gasteiger partial charge in [-0.05, 0) is 62.9 Å². The first-order valence-electron chi connectivity index (χ1n) is 11.7. The normalized spacial score (nSPS) is 16.2. The van der Waals surface area contributed by atoms with Crippen LogP contribution in [0.15, 0.2) is 89.2 Å². The second kappa shape index (κ2) is 11.5. The van der Waals surface area contributed by atoms with Crippen LogP contribution in [-0.2, 0) is 6.42 Å². The fraction of sp³-hybridized carbons (Fsp3) is 0.310. The quantitative estimate of drug-likeness (QED) is 0.419. The molecule has 3 rings (SSSR count). The van der Waals surface area contributed by atoms with Gasteiger partial charge >= 0.3 is 0 Å². The molecule has 172 valence electrons. The molecule has 0 spiro atoms. The van der Waals surface area contributed by atoms with E-state index in [2.05, 4.69) is 110 Å². The molecule has 0 saturated carbocycles. The Morgan fingerprint density at radius 1 is 1.12 bits per heavy atom. The van der Waals surface area contributed by atoms with Crippen molar-refractivity contribution in [2.24, 2.45) is 4.99 Å². The summed E-state index contributed by atoms with van der Waals surface area (Å²) in [7, 11) is 0. The van der Waals surface area contributed by atoms with Crippen LogP contribution < -0.4 is 10.2 Å². The Morgan fingerprint density at radius 2 is 1.88 bits per heavy atom. The minimum Gasteiger partial charge on any atom is -0.344 e. The van der Waals surface area contributed by atoms with Crippen molar-refractivity contribution in [3.05, 3.63) is 95.4 Å². The Bertz CT molecular complexity index is 1070. The number of anilines is 2. The van der Waals surface area contributed by atoms with Crippen LogP contribution in [0.4, 0.5) is 11.5 Å². The summed E-state index contributed by atoms with van der Waals surface area (Å²) in [5.74, 6) is 0.802. The Hall–Kier alpha value is -3.40. The van der Waals surface area contributed by atoms with Crippen LogP contribution in [0.5, 0.6) is 0 Å². The number of allylic oxidation sites excluding steroid dienone is 7. The molecule has 2 aromatic rings. The van der Waals surface area contributed by atoms with Crippen LogP contribution in [0.3, 0.4) is 0 Å². The van der Waals surface area contributed by atoms with Crippen molar-refractivity contribution in [1.82, 2.24) is 4.98 Å². The maximum absolute atomic E-state index is 4.54. The van der Waals surface area contributed by atoms with Gasteiger partial charge in [-0.25, -0.2) is 4.98 Å². The van der Waals surface area contributed by atoms with Crippen LogP contribution >= 0.6 is 0 Å². The minimum absolute atomic E-state index is 0.333. The molecule has 0 aliphatic carbocycles. The summed E-state index contributed by atoms with van der Waals surface area (Å²) in [6.07, 6.45) is 12.2. The van der Waals surface area contributed by atoms with E-state index in [0.29, 0.717) is 6.04 Å². The molecule has 1 unspecified atom stereocenters. The zero-order chi connectivity index (χ0) is 23.8. The van der Waals surface area contributed by atoms with Crippen molar-refractivity contribution >= 4 is 23.4 Å². The molecule has 1 N–H and O–H groups in total. The number of aliphatic imine (C=N–C) groups is 1. The van der Waals surface area contributed by atoms with Gasteiger partial charge in [0, 0.05) is 18.7 Å². The SMILES string of the molecule is C=C(Cc1ccc(/C(C=C(C)C)=C/C=C(\C)CC)cc1)Nc1ccc(N2C=NC(C)C2)cn1. The minimum atomic E-state index is 0.333. The number of hydrogen-bond donors (Lipinski definition) is 1. The van der Waals surface area contributed by atoms with Crippen LogP contribution in [0.1, 0.15) is 52.2 Å². The lowest BCUT2D eigenvalue weighted by Crippen LogP contribution is -2.21. The van der Waals surface area contributed by atoms with E-state index in [4.69, 9.17) is 0 Å². The Kier molecular flexibility index (Phi) is 8.42. The summed E-state index contributed by atoms with van der Waals surface area (Å²) in [5, 5.41) is 3.33. The molecule has 1 aromatic carbocycles. The third kappa shape index (κ3) is 7.31. The van der Waals surface area contributed by atoms with Gasteiger partial charge in [0.1, 0.15) is 5.82 Å². The summed E-state index contributed by atoms with van der Waals surface area (Å²) < 4.78 is 0. The van der Waals surface area contributed by atoms with E-state index < -0.39 is 0 Å². The van der Waals surface area contributed by atoms with Crippen molar-refractivity contribution in [1.29, 1.82) is 0 Å². The molecular formula is C29H36N4. The predicted molar refractivity (Wildman–Crippen MR) is 144 cm³/mol. The van der Waals surface area contributed by atoms with Gasteiger partial charge in [0.2, 0.25) is 0 Å². The van der Waals surface area contributed by atoms with Crippen molar-refractivity contribution in [3.63, 3.8) is 0 Å². The van der Waals surface area contributed by atoms with E-state index in [1.807, 2.05) is 18.6 Å². The molecule has 4 nitrogen and oxygen atoms in total. The molecule has 1 aromatic heterocycles. The summed E-state index contributed by atoms with van der Waals surface area (Å²) in [4.78, 5) is 11.1. The maximum Gasteiger partial charge on any atom is 0.130 e. The fourth-order valence-corrected chi connectivity index (χ4v) is 3.55. The highest BCUT2D eigenvalue weighted by Crippen LogP contribution is 2.22. The first-order valence-corrected chi connectivity index (χ1v) is 11.7. The molecule has 1 atom stereocenters. The average molecular weight is 441 g/mol. The van der Waals surface area contributed by atoms with Crippen LogP contribution in [0.2, 0.25) is 0 Å². The third-order valence-corrected chi connectivity index (χ3v) is 5.56. The smallest absolute Gasteiger partial charge is 0.130 e. The number of nitrogens with zero attached hydrogens (tertiary/aromatic N) is 3. The molecule has 0 amide bonds. The monoisotopic (exact) mass is 440 g/mol. The first-order chi connectivity index (χ1) is 15.8. The molecule has 0 saturated heterocycles. The molecule has 2 heterocycles. The highest BCUT2D eigenvalue weighted by atomic mass is 15.2. The number of hydrogen-bond acceptors (Lipinski definition) is 4. The van der Waals surface area contributed by atoms with E-state index in [-0.39, 0.29) is 0 Å². The maximum atomic E-state index is 4.54. The molecule has 0 fully saturated rings. The van der Waals surface area contributed by atoms with Gasteiger partial charge in [-0.3, -0.25) is 4.99 Å². The highest BCUT2D eigenvalue weighted by Gasteiger charge is 2.14.